The van der Waals surface area contributed by atoms with E-state index < -0.39 is 6.10 Å². The maximum absolute atomic E-state index is 12.9. The molecule has 0 spiro atoms. The standard InChI is InChI=1S/C11H16FNO2/c1-2-13(7-11(15)8-14)10-5-3-4-9(12)6-10/h3-6,11,14-15H,2,7-8H2,1H3. The molecule has 1 aromatic carbocycles. The maximum Gasteiger partial charge on any atom is 0.125 e. The fraction of sp³-hybridized carbons (Fsp3) is 0.455. The third-order valence-corrected chi connectivity index (χ3v) is 2.20. The van der Waals surface area contributed by atoms with Crippen molar-refractivity contribution in [1.82, 2.24) is 0 Å². The van der Waals surface area contributed by atoms with Gasteiger partial charge in [0.25, 0.3) is 0 Å². The van der Waals surface area contributed by atoms with Crippen molar-refractivity contribution in [3.8, 4) is 0 Å². The van der Waals surface area contributed by atoms with Gasteiger partial charge in [0.1, 0.15) is 5.82 Å². The molecule has 4 heteroatoms. The fourth-order valence-corrected chi connectivity index (χ4v) is 1.40. The van der Waals surface area contributed by atoms with Crippen molar-refractivity contribution in [2.75, 3.05) is 24.6 Å². The Morgan fingerprint density at radius 3 is 2.73 bits per heavy atom. The van der Waals surface area contributed by atoms with Crippen molar-refractivity contribution >= 4 is 5.69 Å². The van der Waals surface area contributed by atoms with Crippen LogP contribution in [-0.2, 0) is 0 Å². The van der Waals surface area contributed by atoms with E-state index in [4.69, 9.17) is 5.11 Å². The lowest BCUT2D eigenvalue weighted by Gasteiger charge is -2.25. The average Bonchev–Trinajstić information content (AvgIpc) is 2.25. The monoisotopic (exact) mass is 213 g/mol. The number of hydrogen-bond acceptors (Lipinski definition) is 3. The summed E-state index contributed by atoms with van der Waals surface area (Å²) in [5.41, 5.74) is 0.713. The van der Waals surface area contributed by atoms with Crippen LogP contribution in [0.15, 0.2) is 24.3 Å². The molecule has 1 rings (SSSR count). The summed E-state index contributed by atoms with van der Waals surface area (Å²) < 4.78 is 12.9. The van der Waals surface area contributed by atoms with Gasteiger partial charge in [-0.25, -0.2) is 4.39 Å². The van der Waals surface area contributed by atoms with Gasteiger partial charge in [0, 0.05) is 18.8 Å². The van der Waals surface area contributed by atoms with Gasteiger partial charge in [0.15, 0.2) is 0 Å². The van der Waals surface area contributed by atoms with Crippen LogP contribution in [0.25, 0.3) is 0 Å². The summed E-state index contributed by atoms with van der Waals surface area (Å²) in [7, 11) is 0. The molecule has 0 amide bonds. The molecule has 84 valence electrons. The highest BCUT2D eigenvalue weighted by atomic mass is 19.1. The molecular weight excluding hydrogens is 197 g/mol. The Morgan fingerprint density at radius 2 is 2.20 bits per heavy atom. The molecule has 3 nitrogen and oxygen atoms in total. The highest BCUT2D eigenvalue weighted by Crippen LogP contribution is 2.15. The number of aliphatic hydroxyl groups is 2. The predicted molar refractivity (Wildman–Crippen MR) is 57.4 cm³/mol. The molecule has 0 aliphatic rings. The molecule has 0 heterocycles. The quantitative estimate of drug-likeness (QED) is 0.767. The lowest BCUT2D eigenvalue weighted by molar-refractivity contribution is 0.100. The van der Waals surface area contributed by atoms with Crippen LogP contribution in [-0.4, -0.2) is 36.0 Å². The molecule has 1 aromatic rings. The zero-order chi connectivity index (χ0) is 11.3. The molecule has 0 bridgehead atoms. The lowest BCUT2D eigenvalue weighted by Crippen LogP contribution is -2.34. The Balaban J connectivity index is 2.73. The molecule has 0 aliphatic carbocycles. The summed E-state index contributed by atoms with van der Waals surface area (Å²) in [5, 5.41) is 18.0. The lowest BCUT2D eigenvalue weighted by atomic mass is 10.2. The van der Waals surface area contributed by atoms with E-state index in [1.807, 2.05) is 11.8 Å². The van der Waals surface area contributed by atoms with Crippen LogP contribution < -0.4 is 4.90 Å². The number of benzene rings is 1. The molecule has 0 saturated carbocycles. The van der Waals surface area contributed by atoms with E-state index in [-0.39, 0.29) is 12.4 Å². The summed E-state index contributed by atoms with van der Waals surface area (Å²) in [6.07, 6.45) is -0.798. The number of rotatable bonds is 5. The van der Waals surface area contributed by atoms with Crippen LogP contribution in [0.3, 0.4) is 0 Å². The SMILES string of the molecule is CCN(CC(O)CO)c1cccc(F)c1. The Morgan fingerprint density at radius 1 is 1.47 bits per heavy atom. The number of halogens is 1. The van der Waals surface area contributed by atoms with Crippen LogP contribution in [0.5, 0.6) is 0 Å². The number of anilines is 1. The zero-order valence-electron chi connectivity index (χ0n) is 8.73. The Hall–Kier alpha value is -1.13. The number of hydrogen-bond donors (Lipinski definition) is 2. The van der Waals surface area contributed by atoms with Crippen molar-refractivity contribution in [2.24, 2.45) is 0 Å². The summed E-state index contributed by atoms with van der Waals surface area (Å²) >= 11 is 0. The number of nitrogens with zero attached hydrogens (tertiary/aromatic N) is 1. The van der Waals surface area contributed by atoms with Crippen molar-refractivity contribution in [2.45, 2.75) is 13.0 Å². The highest BCUT2D eigenvalue weighted by molar-refractivity contribution is 5.46. The Bertz CT molecular complexity index is 306. The molecule has 0 radical (unpaired) electrons. The van der Waals surface area contributed by atoms with Gasteiger partial charge in [-0.05, 0) is 25.1 Å². The molecular formula is C11H16FNO2. The predicted octanol–water partition coefficient (Wildman–Crippen LogP) is 1.01. The second-order valence-electron chi connectivity index (χ2n) is 3.35. The van der Waals surface area contributed by atoms with E-state index in [1.54, 1.807) is 12.1 Å². The van der Waals surface area contributed by atoms with Gasteiger partial charge >= 0.3 is 0 Å². The van der Waals surface area contributed by atoms with Crippen molar-refractivity contribution in [1.29, 1.82) is 0 Å². The number of aliphatic hydroxyl groups excluding tert-OH is 2. The molecule has 1 atom stereocenters. The molecule has 0 saturated heterocycles. The van der Waals surface area contributed by atoms with E-state index >= 15 is 0 Å². The summed E-state index contributed by atoms with van der Waals surface area (Å²) in [4.78, 5) is 1.81. The van der Waals surface area contributed by atoms with Crippen LogP contribution >= 0.6 is 0 Å². The van der Waals surface area contributed by atoms with Crippen LogP contribution in [0, 0.1) is 5.82 Å². The van der Waals surface area contributed by atoms with Gasteiger partial charge in [0.2, 0.25) is 0 Å². The summed E-state index contributed by atoms with van der Waals surface area (Å²) in [5.74, 6) is -0.301. The van der Waals surface area contributed by atoms with E-state index in [1.165, 1.54) is 12.1 Å². The first-order valence-electron chi connectivity index (χ1n) is 4.96. The first kappa shape index (κ1) is 11.9. The maximum atomic E-state index is 12.9. The third-order valence-electron chi connectivity index (χ3n) is 2.20. The smallest absolute Gasteiger partial charge is 0.125 e. The van der Waals surface area contributed by atoms with Gasteiger partial charge in [-0.1, -0.05) is 6.07 Å². The Kier molecular flexibility index (Phi) is 4.52. The normalized spacial score (nSPS) is 12.5. The Labute approximate surface area is 88.8 Å². The molecule has 0 aliphatic heterocycles. The molecule has 0 fully saturated rings. The van der Waals surface area contributed by atoms with Gasteiger partial charge in [-0.3, -0.25) is 0 Å². The number of likely N-dealkylation sites (N-methyl/N-ethyl adjacent to an activating group) is 1. The molecule has 1 unspecified atom stereocenters. The topological polar surface area (TPSA) is 43.7 Å². The zero-order valence-corrected chi connectivity index (χ0v) is 8.73. The van der Waals surface area contributed by atoms with Crippen LogP contribution in [0.2, 0.25) is 0 Å². The summed E-state index contributed by atoms with van der Waals surface area (Å²) in [6, 6.07) is 6.18. The van der Waals surface area contributed by atoms with Crippen molar-refractivity contribution < 1.29 is 14.6 Å². The highest BCUT2D eigenvalue weighted by Gasteiger charge is 2.10. The fourth-order valence-electron chi connectivity index (χ4n) is 1.40. The van der Waals surface area contributed by atoms with Crippen molar-refractivity contribution in [3.63, 3.8) is 0 Å². The first-order chi connectivity index (χ1) is 7.17. The van der Waals surface area contributed by atoms with E-state index in [9.17, 15) is 9.50 Å². The first-order valence-corrected chi connectivity index (χ1v) is 4.96. The van der Waals surface area contributed by atoms with E-state index in [0.717, 1.165) is 0 Å². The minimum atomic E-state index is -0.798. The van der Waals surface area contributed by atoms with Gasteiger partial charge < -0.3 is 15.1 Å². The molecule has 15 heavy (non-hydrogen) atoms. The average molecular weight is 213 g/mol. The van der Waals surface area contributed by atoms with Crippen LogP contribution in [0.4, 0.5) is 10.1 Å². The minimum Gasteiger partial charge on any atom is -0.394 e. The van der Waals surface area contributed by atoms with Gasteiger partial charge in [0.05, 0.1) is 12.7 Å². The molecule has 0 aromatic heterocycles. The van der Waals surface area contributed by atoms with Crippen molar-refractivity contribution in [3.05, 3.63) is 30.1 Å². The van der Waals surface area contributed by atoms with E-state index in [2.05, 4.69) is 0 Å². The second-order valence-corrected chi connectivity index (χ2v) is 3.35. The van der Waals surface area contributed by atoms with E-state index in [0.29, 0.717) is 18.8 Å². The van der Waals surface area contributed by atoms with Crippen LogP contribution in [0.1, 0.15) is 6.92 Å². The molecule has 2 N–H and O–H groups in total. The third kappa shape index (κ3) is 3.49. The largest absolute Gasteiger partial charge is 0.394 e. The minimum absolute atomic E-state index is 0.286. The van der Waals surface area contributed by atoms with Gasteiger partial charge in [-0.15, -0.1) is 0 Å². The second kappa shape index (κ2) is 5.68. The van der Waals surface area contributed by atoms with Gasteiger partial charge in [-0.2, -0.15) is 0 Å². The summed E-state index contributed by atoms with van der Waals surface area (Å²) in [6.45, 7) is 2.58.